The Hall–Kier alpha value is -3.75. The van der Waals surface area contributed by atoms with Crippen LogP contribution in [0.3, 0.4) is 0 Å². The molecule has 200 valence electrons. The van der Waals surface area contributed by atoms with E-state index in [0.717, 1.165) is 64.0 Å². The predicted octanol–water partition coefficient (Wildman–Crippen LogP) is 5.75. The van der Waals surface area contributed by atoms with E-state index in [0.29, 0.717) is 31.9 Å². The third kappa shape index (κ3) is 5.40. The van der Waals surface area contributed by atoms with Gasteiger partial charge in [0.25, 0.3) is 5.91 Å². The Balaban J connectivity index is 1.31. The van der Waals surface area contributed by atoms with Crippen LogP contribution in [0, 0.1) is 6.92 Å². The van der Waals surface area contributed by atoms with Gasteiger partial charge in [-0.1, -0.05) is 35.9 Å². The average molecular weight is 541 g/mol. The zero-order chi connectivity index (χ0) is 26.8. The van der Waals surface area contributed by atoms with Crippen LogP contribution < -0.4 is 5.32 Å². The van der Waals surface area contributed by atoms with Gasteiger partial charge in [-0.3, -0.25) is 9.59 Å². The first-order chi connectivity index (χ1) is 19.1. The van der Waals surface area contributed by atoms with Gasteiger partial charge in [-0.2, -0.15) is 0 Å². The number of aliphatic imine (C=N–C) groups is 1. The number of benzene rings is 2. The number of nitrogens with zero attached hydrogens (tertiary/aromatic N) is 3. The maximum Gasteiger partial charge on any atom is 0.259 e. The number of carbonyl (C=O) groups excluding carboxylic acids is 2. The number of nitrogens with one attached hydrogen (secondary N) is 1. The minimum Gasteiger partial charge on any atom is -0.378 e. The van der Waals surface area contributed by atoms with Crippen molar-refractivity contribution in [2.75, 3.05) is 31.6 Å². The number of rotatable bonds is 6. The largest absolute Gasteiger partial charge is 0.378 e. The lowest BCUT2D eigenvalue weighted by Gasteiger charge is -2.27. The van der Waals surface area contributed by atoms with E-state index in [-0.39, 0.29) is 18.4 Å². The number of carbonyl (C=O) groups is 2. The summed E-state index contributed by atoms with van der Waals surface area (Å²) in [7, 11) is 0. The summed E-state index contributed by atoms with van der Waals surface area (Å²) in [4.78, 5) is 34.5. The van der Waals surface area contributed by atoms with Crippen LogP contribution in [0.2, 0.25) is 0 Å². The Kier molecular flexibility index (Phi) is 7.30. The van der Waals surface area contributed by atoms with E-state index in [1.807, 2.05) is 71.3 Å². The van der Waals surface area contributed by atoms with Crippen LogP contribution in [0.1, 0.15) is 44.8 Å². The van der Waals surface area contributed by atoms with E-state index < -0.39 is 0 Å². The summed E-state index contributed by atoms with van der Waals surface area (Å²) >= 11 is 1.63. The van der Waals surface area contributed by atoms with Crippen LogP contribution in [-0.4, -0.2) is 53.8 Å². The highest BCUT2D eigenvalue weighted by atomic mass is 32.1. The number of fused-ring (bicyclic) bond motifs is 2. The minimum absolute atomic E-state index is 0.0866. The topological polar surface area (TPSA) is 75.9 Å². The molecule has 2 aliphatic rings. The van der Waals surface area contributed by atoms with Crippen LogP contribution in [0.15, 0.2) is 59.7 Å². The third-order valence-electron chi connectivity index (χ3n) is 7.50. The smallest absolute Gasteiger partial charge is 0.259 e. The lowest BCUT2D eigenvalue weighted by Crippen LogP contribution is -2.42. The molecule has 7 nitrogen and oxygen atoms in total. The summed E-state index contributed by atoms with van der Waals surface area (Å²) in [6.07, 6.45) is 7.96. The lowest BCUT2D eigenvalue weighted by molar-refractivity contribution is -0.135. The fourth-order valence-electron chi connectivity index (χ4n) is 5.40. The highest BCUT2D eigenvalue weighted by Gasteiger charge is 2.25. The van der Waals surface area contributed by atoms with Crippen LogP contribution in [-0.2, 0) is 28.9 Å². The molecule has 0 radical (unpaired) electrons. The van der Waals surface area contributed by atoms with E-state index in [2.05, 4.69) is 11.4 Å². The van der Waals surface area contributed by atoms with Gasteiger partial charge in [0, 0.05) is 52.5 Å². The summed E-state index contributed by atoms with van der Waals surface area (Å²) in [5, 5.41) is 4.86. The molecule has 2 aromatic carbocycles. The number of amides is 2. The molecule has 0 atom stereocenters. The molecule has 0 spiro atoms. The number of thiophene rings is 1. The highest BCUT2D eigenvalue weighted by Crippen LogP contribution is 2.40. The molecular formula is C31H32N4O3S. The minimum atomic E-state index is -0.107. The van der Waals surface area contributed by atoms with Crippen molar-refractivity contribution in [3.8, 4) is 0 Å². The van der Waals surface area contributed by atoms with Crippen molar-refractivity contribution in [3.63, 3.8) is 0 Å². The second-order valence-electron chi connectivity index (χ2n) is 10.2. The van der Waals surface area contributed by atoms with E-state index in [9.17, 15) is 9.59 Å². The number of aryl methyl sites for hydroxylation is 2. The summed E-state index contributed by atoms with van der Waals surface area (Å²) in [5.41, 5.74) is 5.68. The number of ether oxygens (including phenoxy) is 1. The van der Waals surface area contributed by atoms with Crippen molar-refractivity contribution in [1.29, 1.82) is 0 Å². The Morgan fingerprint density at radius 2 is 1.82 bits per heavy atom. The van der Waals surface area contributed by atoms with Crippen molar-refractivity contribution < 1.29 is 14.3 Å². The highest BCUT2D eigenvalue weighted by molar-refractivity contribution is 7.16. The number of hydrogen-bond acceptors (Lipinski definition) is 5. The molecule has 3 heterocycles. The fraction of sp³-hybridized carbons (Fsp3) is 0.323. The second-order valence-corrected chi connectivity index (χ2v) is 11.3. The first-order valence-electron chi connectivity index (χ1n) is 13.6. The third-order valence-corrected chi connectivity index (χ3v) is 8.70. The first-order valence-corrected chi connectivity index (χ1v) is 14.4. The second kappa shape index (κ2) is 11.2. The van der Waals surface area contributed by atoms with Crippen molar-refractivity contribution in [1.82, 2.24) is 9.47 Å². The van der Waals surface area contributed by atoms with E-state index in [4.69, 9.17) is 9.73 Å². The summed E-state index contributed by atoms with van der Waals surface area (Å²) in [5.74, 6) is -0.0209. The lowest BCUT2D eigenvalue weighted by atomic mass is 9.95. The van der Waals surface area contributed by atoms with Gasteiger partial charge in [-0.05, 0) is 56.4 Å². The quantitative estimate of drug-likeness (QED) is 0.316. The number of para-hydroxylation sites is 1. The summed E-state index contributed by atoms with van der Waals surface area (Å²) < 4.78 is 7.40. The SMILES string of the molecule is Cc1ccc(NC(=O)c2c(N=Cc3cn(CC(=O)N4CCOCC4)c4ccccc34)sc3c2CCCC3)cc1. The Morgan fingerprint density at radius 3 is 2.64 bits per heavy atom. The van der Waals surface area contributed by atoms with Gasteiger partial charge < -0.3 is 19.5 Å². The van der Waals surface area contributed by atoms with Crippen molar-refractivity contribution in [2.45, 2.75) is 39.2 Å². The van der Waals surface area contributed by atoms with Crippen LogP contribution in [0.4, 0.5) is 10.7 Å². The average Bonchev–Trinajstić information content (AvgIpc) is 3.51. The Morgan fingerprint density at radius 1 is 1.05 bits per heavy atom. The first kappa shape index (κ1) is 25.5. The van der Waals surface area contributed by atoms with E-state index >= 15 is 0 Å². The predicted molar refractivity (Wildman–Crippen MR) is 157 cm³/mol. The molecule has 1 aliphatic heterocycles. The molecule has 39 heavy (non-hydrogen) atoms. The zero-order valence-electron chi connectivity index (χ0n) is 22.1. The Labute approximate surface area is 232 Å². The van der Waals surface area contributed by atoms with Crippen molar-refractivity contribution >= 4 is 51.0 Å². The number of aromatic nitrogens is 1. The molecule has 1 aliphatic carbocycles. The van der Waals surface area contributed by atoms with Gasteiger partial charge >= 0.3 is 0 Å². The molecular weight excluding hydrogens is 508 g/mol. The molecule has 1 N–H and O–H groups in total. The van der Waals surface area contributed by atoms with Gasteiger partial charge in [0.2, 0.25) is 5.91 Å². The monoisotopic (exact) mass is 540 g/mol. The molecule has 2 amide bonds. The van der Waals surface area contributed by atoms with Crippen molar-refractivity contribution in [3.05, 3.63) is 81.9 Å². The molecule has 0 saturated carbocycles. The summed E-state index contributed by atoms with van der Waals surface area (Å²) in [6, 6.07) is 15.9. The Bertz CT molecular complexity index is 1540. The molecule has 6 rings (SSSR count). The standard InChI is InChI=1S/C31H32N4O3S/c1-21-10-12-23(13-11-21)33-30(37)29-25-7-3-5-9-27(25)39-31(29)32-18-22-19-35(26-8-4-2-6-24(22)26)20-28(36)34-14-16-38-17-15-34/h2,4,6,8,10-13,18-19H,3,5,7,9,14-17,20H2,1H3,(H,33,37). The maximum absolute atomic E-state index is 13.5. The van der Waals surface area contributed by atoms with Crippen molar-refractivity contribution in [2.24, 2.45) is 4.99 Å². The maximum atomic E-state index is 13.5. The van der Waals surface area contributed by atoms with Crippen LogP contribution in [0.25, 0.3) is 10.9 Å². The van der Waals surface area contributed by atoms with Gasteiger partial charge in [0.1, 0.15) is 11.5 Å². The molecule has 0 bridgehead atoms. The fourth-order valence-corrected chi connectivity index (χ4v) is 6.63. The molecule has 2 aromatic heterocycles. The number of hydrogen-bond donors (Lipinski definition) is 1. The molecule has 1 fully saturated rings. The summed E-state index contributed by atoms with van der Waals surface area (Å²) in [6.45, 7) is 4.72. The van der Waals surface area contributed by atoms with Gasteiger partial charge in [-0.25, -0.2) is 4.99 Å². The molecule has 8 heteroatoms. The number of morpholine rings is 1. The molecule has 0 unspecified atom stereocenters. The van der Waals surface area contributed by atoms with Gasteiger partial charge in [0.15, 0.2) is 0 Å². The van der Waals surface area contributed by atoms with Crippen LogP contribution >= 0.6 is 11.3 Å². The zero-order valence-corrected chi connectivity index (χ0v) is 22.9. The number of anilines is 1. The van der Waals surface area contributed by atoms with Gasteiger partial charge in [0.05, 0.1) is 18.8 Å². The van der Waals surface area contributed by atoms with E-state index in [1.54, 1.807) is 11.3 Å². The van der Waals surface area contributed by atoms with Crippen LogP contribution in [0.5, 0.6) is 0 Å². The molecule has 4 aromatic rings. The van der Waals surface area contributed by atoms with E-state index in [1.165, 1.54) is 4.88 Å². The molecule has 1 saturated heterocycles. The normalized spacial score (nSPS) is 15.6. The van der Waals surface area contributed by atoms with Gasteiger partial charge in [-0.15, -0.1) is 11.3 Å².